The standard InChI is InChI=1S/C76H76F2N2Si4/c1-81(2,3)59-25-17-21-53(45-59)55-37-43-71(65(49-55)57-23-19-27-61(47-57)83(7,8)9)79(73-31-15-13-29-67(73)77)69-41-35-51-34-40-64-70(42-36-52-33-39-63(69)75(51)76(52)64)80(74-32-16-14-30-68(74)78)72-44-38-56(54-22-18-26-60(46-54)82(4,5)6)50-66(72)58-24-20-28-62(48-58)84(10,11)12/h13-50,69,76H,1-12H3. The largest absolute Gasteiger partial charge is 0.327 e. The Kier molecular flexibility index (Phi) is 14.7. The van der Waals surface area contributed by atoms with E-state index in [2.05, 4.69) is 270 Å². The van der Waals surface area contributed by atoms with Crippen LogP contribution in [0, 0.1) is 17.6 Å². The molecule has 420 valence electrons. The van der Waals surface area contributed by atoms with Gasteiger partial charge in [-0.15, -0.1) is 0 Å². The Morgan fingerprint density at radius 2 is 0.821 bits per heavy atom. The quantitative estimate of drug-likeness (QED) is 0.100. The first-order chi connectivity index (χ1) is 40.0. The van der Waals surface area contributed by atoms with Crippen LogP contribution in [0.4, 0.5) is 31.5 Å². The van der Waals surface area contributed by atoms with Crippen molar-refractivity contribution in [2.75, 3.05) is 9.80 Å². The minimum atomic E-state index is -1.76. The van der Waals surface area contributed by atoms with Gasteiger partial charge in [-0.2, -0.15) is 0 Å². The fourth-order valence-corrected chi connectivity index (χ4v) is 17.3. The summed E-state index contributed by atoms with van der Waals surface area (Å²) in [5.74, 6) is -0.786. The van der Waals surface area contributed by atoms with Crippen molar-refractivity contribution in [2.24, 2.45) is 5.92 Å². The molecular formula is C76H76F2N2Si4. The number of nitrogens with zero attached hydrogens (tertiary/aromatic N) is 2. The van der Waals surface area contributed by atoms with Gasteiger partial charge in [0, 0.05) is 22.7 Å². The maximum atomic E-state index is 17.1. The number of halogens is 2. The maximum absolute atomic E-state index is 17.1. The zero-order valence-corrected chi connectivity index (χ0v) is 54.7. The Hall–Kier alpha value is -7.73. The number of benzene rings is 8. The first kappa shape index (κ1) is 56.7. The molecule has 2 nitrogen and oxygen atoms in total. The summed E-state index contributed by atoms with van der Waals surface area (Å²) in [5, 5.41) is 5.54. The second-order valence-corrected chi connectivity index (χ2v) is 47.6. The zero-order chi connectivity index (χ0) is 59.0. The van der Waals surface area contributed by atoms with Crippen LogP contribution in [-0.4, -0.2) is 38.3 Å². The minimum absolute atomic E-state index is 0.189. The maximum Gasteiger partial charge on any atom is 0.147 e. The van der Waals surface area contributed by atoms with Crippen molar-refractivity contribution >= 4 is 75.8 Å². The SMILES string of the molecule is C[Si](C)(C)c1cccc(-c2ccc(N(C3=C4C=CC5=C6C(=CC=C(C=C3)C46)C(N(c3ccccc3F)c3ccc(-c4cccc([Si](C)(C)C)c4)cc3-c3cccc([Si](C)(C)C)c3)C=C5)c3ccccc3F)c(-c3cccc([Si](C)(C)C)c3)c2)c1. The molecule has 0 spiro atoms. The van der Waals surface area contributed by atoms with Gasteiger partial charge in [-0.05, 0) is 116 Å². The van der Waals surface area contributed by atoms with Gasteiger partial charge in [0.15, 0.2) is 0 Å². The molecule has 0 radical (unpaired) electrons. The van der Waals surface area contributed by atoms with E-state index >= 15 is 8.78 Å². The van der Waals surface area contributed by atoms with E-state index in [1.807, 2.05) is 24.3 Å². The van der Waals surface area contributed by atoms with Gasteiger partial charge in [-0.1, -0.05) is 275 Å². The van der Waals surface area contributed by atoms with Gasteiger partial charge >= 0.3 is 0 Å². The summed E-state index contributed by atoms with van der Waals surface area (Å²) >= 11 is 0. The molecule has 2 unspecified atom stereocenters. The van der Waals surface area contributed by atoms with Crippen LogP contribution in [0.5, 0.6) is 0 Å². The van der Waals surface area contributed by atoms with Gasteiger partial charge in [-0.3, -0.25) is 0 Å². The van der Waals surface area contributed by atoms with Gasteiger partial charge < -0.3 is 9.80 Å². The number of hydrogen-bond donors (Lipinski definition) is 0. The third kappa shape index (κ3) is 10.8. The molecule has 8 heteroatoms. The van der Waals surface area contributed by atoms with E-state index in [1.54, 1.807) is 24.3 Å². The average Bonchev–Trinajstić information content (AvgIpc) is 0.846. The van der Waals surface area contributed by atoms with E-state index in [4.69, 9.17) is 0 Å². The van der Waals surface area contributed by atoms with E-state index in [-0.39, 0.29) is 17.6 Å². The lowest BCUT2D eigenvalue weighted by Gasteiger charge is -2.44. The second-order valence-electron chi connectivity index (χ2n) is 27.3. The topological polar surface area (TPSA) is 6.48 Å². The summed E-state index contributed by atoms with van der Waals surface area (Å²) in [6.07, 6.45) is 18.0. The molecule has 84 heavy (non-hydrogen) atoms. The van der Waals surface area contributed by atoms with Gasteiger partial charge in [-0.25, -0.2) is 8.78 Å². The Balaban J connectivity index is 1.03. The lowest BCUT2D eigenvalue weighted by Crippen LogP contribution is -2.38. The zero-order valence-electron chi connectivity index (χ0n) is 50.7. The van der Waals surface area contributed by atoms with Crippen LogP contribution in [0.1, 0.15) is 0 Å². The molecule has 2 atom stereocenters. The lowest BCUT2D eigenvalue weighted by molar-refractivity contribution is 0.622. The predicted molar refractivity (Wildman–Crippen MR) is 369 cm³/mol. The number of allylic oxidation sites excluding steroid dienone is 10. The first-order valence-electron chi connectivity index (χ1n) is 29.8. The third-order valence-corrected chi connectivity index (χ3v) is 25.6. The number of anilines is 4. The van der Waals surface area contributed by atoms with E-state index in [9.17, 15) is 0 Å². The summed E-state index contributed by atoms with van der Waals surface area (Å²) in [7, 11) is -6.78. The molecule has 8 aromatic rings. The van der Waals surface area contributed by atoms with Crippen molar-refractivity contribution < 1.29 is 8.78 Å². The molecule has 4 aliphatic carbocycles. The van der Waals surface area contributed by atoms with Gasteiger partial charge in [0.2, 0.25) is 0 Å². The molecular weight excluding hydrogens is 1090 g/mol. The molecule has 0 heterocycles. The second kappa shape index (κ2) is 21.7. The van der Waals surface area contributed by atoms with Crippen LogP contribution in [0.15, 0.2) is 264 Å². The van der Waals surface area contributed by atoms with Gasteiger partial charge in [0.1, 0.15) is 11.6 Å². The van der Waals surface area contributed by atoms with Crippen LogP contribution in [0.25, 0.3) is 44.5 Å². The van der Waals surface area contributed by atoms with Crippen LogP contribution < -0.4 is 30.5 Å². The molecule has 0 N–H and O–H groups in total. The number of hydrogen-bond acceptors (Lipinski definition) is 2. The normalized spacial score (nSPS) is 16.6. The van der Waals surface area contributed by atoms with Crippen LogP contribution in [0.3, 0.4) is 0 Å². The fourth-order valence-electron chi connectivity index (χ4n) is 12.6. The fraction of sp³-hybridized carbons (Fsp3) is 0.184. The van der Waals surface area contributed by atoms with Crippen LogP contribution in [0.2, 0.25) is 78.6 Å². The van der Waals surface area contributed by atoms with Crippen molar-refractivity contribution in [3.05, 3.63) is 276 Å². The van der Waals surface area contributed by atoms with Crippen molar-refractivity contribution in [1.82, 2.24) is 0 Å². The average molecular weight is 1170 g/mol. The minimum Gasteiger partial charge on any atom is -0.327 e. The molecule has 0 saturated heterocycles. The van der Waals surface area contributed by atoms with Crippen LogP contribution >= 0.6 is 0 Å². The van der Waals surface area contributed by atoms with Gasteiger partial charge in [0.25, 0.3) is 0 Å². The van der Waals surface area contributed by atoms with E-state index in [0.717, 1.165) is 72.7 Å². The van der Waals surface area contributed by atoms with E-state index < -0.39 is 38.3 Å². The Morgan fingerprint density at radius 1 is 0.369 bits per heavy atom. The first-order valence-corrected chi connectivity index (χ1v) is 43.8. The van der Waals surface area contributed by atoms with Crippen LogP contribution in [-0.2, 0) is 0 Å². The number of para-hydroxylation sites is 2. The highest BCUT2D eigenvalue weighted by atomic mass is 28.3. The van der Waals surface area contributed by atoms with E-state index in [1.165, 1.54) is 37.4 Å². The monoisotopic (exact) mass is 1170 g/mol. The number of rotatable bonds is 14. The highest BCUT2D eigenvalue weighted by molar-refractivity contribution is 6.90. The summed E-state index contributed by atoms with van der Waals surface area (Å²) in [5.41, 5.74) is 18.2. The molecule has 0 aliphatic heterocycles. The molecule has 0 aromatic heterocycles. The van der Waals surface area contributed by atoms with Gasteiger partial charge in [0.05, 0.1) is 61.1 Å². The van der Waals surface area contributed by atoms with Crippen molar-refractivity contribution in [3.63, 3.8) is 0 Å². The molecule has 0 saturated carbocycles. The summed E-state index contributed by atoms with van der Waals surface area (Å²) < 4.78 is 34.3. The summed E-state index contributed by atoms with van der Waals surface area (Å²) in [6.45, 7) is 28.7. The molecule has 12 rings (SSSR count). The molecule has 0 bridgehead atoms. The van der Waals surface area contributed by atoms with Crippen molar-refractivity contribution in [3.8, 4) is 44.5 Å². The molecule has 4 aliphatic rings. The predicted octanol–water partition coefficient (Wildman–Crippen LogP) is 18.9. The van der Waals surface area contributed by atoms with E-state index in [0.29, 0.717) is 11.4 Å². The summed E-state index contributed by atoms with van der Waals surface area (Å²) in [6, 6.07) is 63.9. The smallest absolute Gasteiger partial charge is 0.147 e. The molecule has 0 amide bonds. The highest BCUT2D eigenvalue weighted by Crippen LogP contribution is 2.53. The van der Waals surface area contributed by atoms with Crippen molar-refractivity contribution in [2.45, 2.75) is 84.6 Å². The Morgan fingerprint density at radius 3 is 1.33 bits per heavy atom. The van der Waals surface area contributed by atoms with Crippen molar-refractivity contribution in [1.29, 1.82) is 0 Å². The lowest BCUT2D eigenvalue weighted by atomic mass is 9.67. The third-order valence-electron chi connectivity index (χ3n) is 17.4. The molecule has 8 aromatic carbocycles. The summed E-state index contributed by atoms with van der Waals surface area (Å²) in [4.78, 5) is 4.42. The Bertz CT molecular complexity index is 4180. The highest BCUT2D eigenvalue weighted by Gasteiger charge is 2.41. The molecule has 0 fully saturated rings. The Labute approximate surface area is 502 Å².